The average molecular weight is 309 g/mol. The van der Waals surface area contributed by atoms with Crippen molar-refractivity contribution in [3.8, 4) is 0 Å². The summed E-state index contributed by atoms with van der Waals surface area (Å²) >= 11 is 0. The molecule has 2 fully saturated rings. The zero-order valence-electron chi connectivity index (χ0n) is 14.9. The van der Waals surface area contributed by atoms with E-state index in [-0.39, 0.29) is 11.8 Å². The van der Waals surface area contributed by atoms with Gasteiger partial charge in [-0.25, -0.2) is 4.99 Å². The van der Waals surface area contributed by atoms with Crippen LogP contribution in [0.4, 0.5) is 0 Å². The molecule has 0 aromatic rings. The molecular formula is C17H31N3O2. The summed E-state index contributed by atoms with van der Waals surface area (Å²) in [4.78, 5) is 9.80. The highest BCUT2D eigenvalue weighted by Crippen LogP contribution is 2.33. The van der Waals surface area contributed by atoms with Crippen LogP contribution < -0.4 is 0 Å². The van der Waals surface area contributed by atoms with Crippen LogP contribution >= 0.6 is 0 Å². The summed E-state index contributed by atoms with van der Waals surface area (Å²) in [5.74, 6) is 2.05. The zero-order valence-corrected chi connectivity index (χ0v) is 14.9. The lowest BCUT2D eigenvalue weighted by molar-refractivity contribution is 0.0643. The van der Waals surface area contributed by atoms with Gasteiger partial charge >= 0.3 is 0 Å². The minimum Gasteiger partial charge on any atom is -0.477 e. The molecule has 0 N–H and O–H groups in total. The van der Waals surface area contributed by atoms with E-state index in [4.69, 9.17) is 14.5 Å². The van der Waals surface area contributed by atoms with Gasteiger partial charge in [-0.1, -0.05) is 27.7 Å². The fraction of sp³-hybridized carbons (Fsp3) is 0.941. The minimum atomic E-state index is -0.168. The first kappa shape index (κ1) is 16.2. The number of rotatable bonds is 4. The van der Waals surface area contributed by atoms with Crippen molar-refractivity contribution in [2.24, 2.45) is 16.8 Å². The number of fused-ring (bicyclic) bond motifs is 1. The van der Waals surface area contributed by atoms with Crippen molar-refractivity contribution < 1.29 is 9.47 Å². The molecule has 0 aromatic carbocycles. The second kappa shape index (κ2) is 5.77. The standard InChI is InChI=1S/C17H31N3O2/c1-11(2)13-8-22-16(18-13)17(5,6)19-7-15-20(10-19)14(9-21-15)12(3)4/h11-15H,7-10H2,1-6H3/t13-,14-,15?/m1/s1. The Morgan fingerprint density at radius 2 is 1.86 bits per heavy atom. The molecule has 5 nitrogen and oxygen atoms in total. The van der Waals surface area contributed by atoms with Crippen molar-refractivity contribution in [3.63, 3.8) is 0 Å². The van der Waals surface area contributed by atoms with E-state index in [0.29, 0.717) is 23.9 Å². The van der Waals surface area contributed by atoms with Crippen LogP contribution in [0.3, 0.4) is 0 Å². The van der Waals surface area contributed by atoms with Gasteiger partial charge in [0.25, 0.3) is 0 Å². The molecule has 3 atom stereocenters. The van der Waals surface area contributed by atoms with E-state index >= 15 is 0 Å². The van der Waals surface area contributed by atoms with Gasteiger partial charge in [0.2, 0.25) is 5.90 Å². The van der Waals surface area contributed by atoms with E-state index in [1.54, 1.807) is 0 Å². The lowest BCUT2D eigenvalue weighted by Gasteiger charge is -2.35. The summed E-state index contributed by atoms with van der Waals surface area (Å²) < 4.78 is 12.0. The second-order valence-corrected chi connectivity index (χ2v) is 8.09. The van der Waals surface area contributed by atoms with E-state index in [9.17, 15) is 0 Å². The third-order valence-corrected chi connectivity index (χ3v) is 5.49. The van der Waals surface area contributed by atoms with Crippen molar-refractivity contribution in [2.45, 2.75) is 65.4 Å². The summed E-state index contributed by atoms with van der Waals surface area (Å²) in [6.45, 7) is 16.9. The maximum Gasteiger partial charge on any atom is 0.204 e. The van der Waals surface area contributed by atoms with Crippen molar-refractivity contribution in [1.82, 2.24) is 9.80 Å². The molecule has 0 bridgehead atoms. The van der Waals surface area contributed by atoms with E-state index < -0.39 is 0 Å². The Balaban J connectivity index is 1.71. The van der Waals surface area contributed by atoms with Crippen molar-refractivity contribution in [3.05, 3.63) is 0 Å². The predicted octanol–water partition coefficient (Wildman–Crippen LogP) is 2.17. The molecule has 3 aliphatic rings. The molecule has 0 aliphatic carbocycles. The van der Waals surface area contributed by atoms with Gasteiger partial charge in [-0.3, -0.25) is 9.80 Å². The lowest BCUT2D eigenvalue weighted by Crippen LogP contribution is -2.51. The van der Waals surface area contributed by atoms with Crippen LogP contribution in [0.25, 0.3) is 0 Å². The van der Waals surface area contributed by atoms with Crippen LogP contribution in [-0.2, 0) is 9.47 Å². The van der Waals surface area contributed by atoms with Gasteiger partial charge in [0.1, 0.15) is 12.8 Å². The first-order chi connectivity index (χ1) is 10.3. The Kier molecular flexibility index (Phi) is 4.25. The molecular weight excluding hydrogens is 278 g/mol. The monoisotopic (exact) mass is 309 g/mol. The molecule has 2 saturated heterocycles. The van der Waals surface area contributed by atoms with E-state index in [2.05, 4.69) is 51.3 Å². The Morgan fingerprint density at radius 3 is 2.45 bits per heavy atom. The molecule has 3 aliphatic heterocycles. The van der Waals surface area contributed by atoms with Gasteiger partial charge in [-0.2, -0.15) is 0 Å². The molecule has 5 heteroatoms. The third kappa shape index (κ3) is 2.68. The van der Waals surface area contributed by atoms with Crippen LogP contribution in [0.5, 0.6) is 0 Å². The van der Waals surface area contributed by atoms with Gasteiger partial charge in [-0.15, -0.1) is 0 Å². The number of hydrogen-bond donors (Lipinski definition) is 0. The van der Waals surface area contributed by atoms with E-state index in [1.807, 2.05) is 0 Å². The average Bonchev–Trinajstić information content (AvgIpc) is 3.13. The van der Waals surface area contributed by atoms with Crippen LogP contribution in [-0.4, -0.2) is 66.0 Å². The summed E-state index contributed by atoms with van der Waals surface area (Å²) in [5, 5.41) is 0. The number of aliphatic imine (C=N–C) groups is 1. The molecule has 22 heavy (non-hydrogen) atoms. The Hall–Kier alpha value is -0.650. The molecule has 0 spiro atoms. The van der Waals surface area contributed by atoms with Crippen molar-refractivity contribution in [2.75, 3.05) is 26.4 Å². The highest BCUT2D eigenvalue weighted by Gasteiger charge is 2.48. The van der Waals surface area contributed by atoms with Gasteiger partial charge in [0, 0.05) is 12.6 Å². The maximum atomic E-state index is 6.00. The lowest BCUT2D eigenvalue weighted by atomic mass is 10.0. The number of ether oxygens (including phenoxy) is 2. The molecule has 1 unspecified atom stereocenters. The van der Waals surface area contributed by atoms with E-state index in [1.165, 1.54) is 0 Å². The number of nitrogens with zero attached hydrogens (tertiary/aromatic N) is 3. The van der Waals surface area contributed by atoms with Crippen molar-refractivity contribution >= 4 is 5.90 Å². The van der Waals surface area contributed by atoms with E-state index in [0.717, 1.165) is 32.3 Å². The highest BCUT2D eigenvalue weighted by atomic mass is 16.5. The second-order valence-electron chi connectivity index (χ2n) is 8.09. The fourth-order valence-corrected chi connectivity index (χ4v) is 3.59. The first-order valence-electron chi connectivity index (χ1n) is 8.64. The summed E-state index contributed by atoms with van der Waals surface area (Å²) in [7, 11) is 0. The Labute approximate surface area is 134 Å². The largest absolute Gasteiger partial charge is 0.477 e. The maximum absolute atomic E-state index is 6.00. The molecule has 3 heterocycles. The van der Waals surface area contributed by atoms with Crippen molar-refractivity contribution in [1.29, 1.82) is 0 Å². The highest BCUT2D eigenvalue weighted by molar-refractivity contribution is 5.86. The predicted molar refractivity (Wildman–Crippen MR) is 87.9 cm³/mol. The molecule has 126 valence electrons. The summed E-state index contributed by atoms with van der Waals surface area (Å²) in [6, 6.07) is 0.831. The molecule has 0 aromatic heterocycles. The smallest absolute Gasteiger partial charge is 0.204 e. The fourth-order valence-electron chi connectivity index (χ4n) is 3.59. The molecule has 0 radical (unpaired) electrons. The molecule has 0 amide bonds. The summed E-state index contributed by atoms with van der Waals surface area (Å²) in [6.07, 6.45) is 0.231. The minimum absolute atomic E-state index is 0.168. The SMILES string of the molecule is CC(C)[C@H]1COC2CN(C(C)(C)C3=N[C@@H](C(C)C)CO3)CN21. The number of hydrogen-bond acceptors (Lipinski definition) is 5. The molecule has 0 saturated carbocycles. The normalized spacial score (nSPS) is 33.6. The van der Waals surface area contributed by atoms with Gasteiger partial charge < -0.3 is 9.47 Å². The summed E-state index contributed by atoms with van der Waals surface area (Å²) in [5.41, 5.74) is -0.168. The van der Waals surface area contributed by atoms with Crippen LogP contribution in [0.1, 0.15) is 41.5 Å². The van der Waals surface area contributed by atoms with Gasteiger partial charge in [0.15, 0.2) is 0 Å². The topological polar surface area (TPSA) is 37.3 Å². The van der Waals surface area contributed by atoms with Crippen LogP contribution in [0.2, 0.25) is 0 Å². The molecule has 3 rings (SSSR count). The third-order valence-electron chi connectivity index (χ3n) is 5.49. The van der Waals surface area contributed by atoms with Crippen LogP contribution in [0.15, 0.2) is 4.99 Å². The van der Waals surface area contributed by atoms with Gasteiger partial charge in [0.05, 0.1) is 24.9 Å². The van der Waals surface area contributed by atoms with Gasteiger partial charge in [-0.05, 0) is 25.7 Å². The Morgan fingerprint density at radius 1 is 1.14 bits per heavy atom. The Bertz CT molecular complexity index is 447. The zero-order chi connectivity index (χ0) is 16.1. The first-order valence-corrected chi connectivity index (χ1v) is 8.64. The van der Waals surface area contributed by atoms with Crippen LogP contribution in [0, 0.1) is 11.8 Å². The quantitative estimate of drug-likeness (QED) is 0.798.